The molecular weight excluding hydrogens is 233 g/mol. The van der Waals surface area contributed by atoms with E-state index in [1.54, 1.807) is 16.6 Å². The van der Waals surface area contributed by atoms with Crippen LogP contribution in [-0.4, -0.2) is 19.6 Å². The predicted octanol–water partition coefficient (Wildman–Crippen LogP) is 1.63. The third-order valence-corrected chi connectivity index (χ3v) is 2.90. The van der Waals surface area contributed by atoms with Crippen molar-refractivity contribution < 1.29 is 4.39 Å². The number of halogens is 1. The van der Waals surface area contributed by atoms with E-state index in [0.717, 1.165) is 17.0 Å². The molecule has 1 aromatic carbocycles. The van der Waals surface area contributed by atoms with Crippen LogP contribution in [0.3, 0.4) is 0 Å². The first-order valence-corrected chi connectivity index (χ1v) is 5.59. The zero-order chi connectivity index (χ0) is 12.7. The second-order valence-corrected chi connectivity index (χ2v) is 4.06. The minimum atomic E-state index is -0.270. The standard InChI is InChI=1S/C12H12FN5/c1-7-10(6-14)18-12(15-7)16-11(17-18)8-2-4-9(13)5-3-8/h2-5H,6,14H2,1H3,(H,15,16,17). The van der Waals surface area contributed by atoms with Crippen molar-refractivity contribution in [1.29, 1.82) is 0 Å². The van der Waals surface area contributed by atoms with Gasteiger partial charge in [-0.25, -0.2) is 13.9 Å². The zero-order valence-corrected chi connectivity index (χ0v) is 9.81. The molecule has 0 fully saturated rings. The van der Waals surface area contributed by atoms with Gasteiger partial charge in [-0.2, -0.15) is 4.98 Å². The lowest BCUT2D eigenvalue weighted by atomic mass is 10.2. The summed E-state index contributed by atoms with van der Waals surface area (Å²) < 4.78 is 14.6. The molecule has 0 radical (unpaired) electrons. The fraction of sp³-hybridized carbons (Fsp3) is 0.167. The van der Waals surface area contributed by atoms with Gasteiger partial charge in [0.15, 0.2) is 5.82 Å². The number of nitrogens with one attached hydrogen (secondary N) is 1. The summed E-state index contributed by atoms with van der Waals surface area (Å²) in [5.41, 5.74) is 8.24. The number of imidazole rings is 1. The van der Waals surface area contributed by atoms with Crippen LogP contribution in [0.2, 0.25) is 0 Å². The Kier molecular flexibility index (Phi) is 2.38. The average Bonchev–Trinajstić information content (AvgIpc) is 2.86. The summed E-state index contributed by atoms with van der Waals surface area (Å²) in [6.07, 6.45) is 0. The summed E-state index contributed by atoms with van der Waals surface area (Å²) in [5.74, 6) is 0.952. The number of hydrogen-bond donors (Lipinski definition) is 2. The van der Waals surface area contributed by atoms with Crippen LogP contribution < -0.4 is 5.73 Å². The summed E-state index contributed by atoms with van der Waals surface area (Å²) in [4.78, 5) is 8.67. The molecule has 3 aromatic rings. The van der Waals surface area contributed by atoms with E-state index in [9.17, 15) is 4.39 Å². The topological polar surface area (TPSA) is 72.0 Å². The van der Waals surface area contributed by atoms with Crippen molar-refractivity contribution in [3.63, 3.8) is 0 Å². The highest BCUT2D eigenvalue weighted by atomic mass is 19.1. The van der Waals surface area contributed by atoms with Gasteiger partial charge in [-0.15, -0.1) is 0 Å². The lowest BCUT2D eigenvalue weighted by molar-refractivity contribution is 0.628. The highest BCUT2D eigenvalue weighted by Gasteiger charge is 2.12. The summed E-state index contributed by atoms with van der Waals surface area (Å²) >= 11 is 0. The molecule has 0 amide bonds. The number of nitrogens with two attached hydrogens (primary N) is 1. The zero-order valence-electron chi connectivity index (χ0n) is 9.81. The molecular formula is C12H12FN5. The van der Waals surface area contributed by atoms with E-state index in [1.807, 2.05) is 6.92 Å². The molecule has 2 aromatic heterocycles. The quantitative estimate of drug-likeness (QED) is 0.720. The highest BCUT2D eigenvalue weighted by molar-refractivity contribution is 5.57. The van der Waals surface area contributed by atoms with Crippen LogP contribution in [0.5, 0.6) is 0 Å². The molecule has 18 heavy (non-hydrogen) atoms. The van der Waals surface area contributed by atoms with Gasteiger partial charge < -0.3 is 5.73 Å². The van der Waals surface area contributed by atoms with Gasteiger partial charge in [0.25, 0.3) is 5.78 Å². The maximum Gasteiger partial charge on any atom is 0.251 e. The second-order valence-electron chi connectivity index (χ2n) is 4.06. The van der Waals surface area contributed by atoms with Crippen LogP contribution in [0, 0.1) is 12.7 Å². The van der Waals surface area contributed by atoms with E-state index in [2.05, 4.69) is 15.1 Å². The Morgan fingerprint density at radius 3 is 2.67 bits per heavy atom. The van der Waals surface area contributed by atoms with Gasteiger partial charge >= 0.3 is 0 Å². The lowest BCUT2D eigenvalue weighted by Gasteiger charge is -1.97. The Morgan fingerprint density at radius 2 is 2.00 bits per heavy atom. The van der Waals surface area contributed by atoms with Crippen LogP contribution in [0.25, 0.3) is 17.2 Å². The van der Waals surface area contributed by atoms with Crippen molar-refractivity contribution in [3.05, 3.63) is 41.5 Å². The first-order chi connectivity index (χ1) is 8.69. The van der Waals surface area contributed by atoms with Crippen LogP contribution >= 0.6 is 0 Å². The lowest BCUT2D eigenvalue weighted by Crippen LogP contribution is -2.03. The molecule has 0 aliphatic heterocycles. The Hall–Kier alpha value is -2.21. The van der Waals surface area contributed by atoms with Crippen LogP contribution in [0.1, 0.15) is 11.4 Å². The van der Waals surface area contributed by atoms with Crippen molar-refractivity contribution in [2.75, 3.05) is 0 Å². The third-order valence-electron chi connectivity index (χ3n) is 2.90. The molecule has 92 valence electrons. The van der Waals surface area contributed by atoms with E-state index in [0.29, 0.717) is 18.1 Å². The molecule has 6 heteroatoms. The molecule has 3 N–H and O–H groups in total. The predicted molar refractivity (Wildman–Crippen MR) is 65.4 cm³/mol. The SMILES string of the molecule is Cc1nc2nc(-c3ccc(F)cc3)[nH]n2c1CN. The molecule has 0 bridgehead atoms. The van der Waals surface area contributed by atoms with Gasteiger partial charge in [0, 0.05) is 12.1 Å². The number of benzene rings is 1. The van der Waals surface area contributed by atoms with Crippen LogP contribution in [0.15, 0.2) is 24.3 Å². The number of nitrogens with zero attached hydrogens (tertiary/aromatic N) is 3. The summed E-state index contributed by atoms with van der Waals surface area (Å²) in [6.45, 7) is 2.28. The highest BCUT2D eigenvalue weighted by Crippen LogP contribution is 2.18. The van der Waals surface area contributed by atoms with Crippen molar-refractivity contribution in [3.8, 4) is 11.4 Å². The fourth-order valence-corrected chi connectivity index (χ4v) is 1.95. The summed E-state index contributed by atoms with van der Waals surface area (Å²) in [5, 5.41) is 3.11. The monoisotopic (exact) mass is 245 g/mol. The van der Waals surface area contributed by atoms with Gasteiger partial charge in [0.1, 0.15) is 5.82 Å². The van der Waals surface area contributed by atoms with Gasteiger partial charge in [0.2, 0.25) is 0 Å². The molecule has 0 saturated heterocycles. The fourth-order valence-electron chi connectivity index (χ4n) is 1.95. The van der Waals surface area contributed by atoms with Gasteiger partial charge in [0.05, 0.1) is 11.4 Å². The maximum absolute atomic E-state index is 12.9. The minimum Gasteiger partial charge on any atom is -0.325 e. The van der Waals surface area contributed by atoms with Gasteiger partial charge in [-0.05, 0) is 31.2 Å². The number of rotatable bonds is 2. The van der Waals surface area contributed by atoms with Crippen molar-refractivity contribution in [1.82, 2.24) is 19.6 Å². The molecule has 0 aliphatic rings. The number of aryl methyl sites for hydroxylation is 1. The van der Waals surface area contributed by atoms with Gasteiger partial charge in [-0.1, -0.05) is 0 Å². The number of hydrogen-bond acceptors (Lipinski definition) is 3. The van der Waals surface area contributed by atoms with Gasteiger partial charge in [-0.3, -0.25) is 5.10 Å². The van der Waals surface area contributed by atoms with E-state index >= 15 is 0 Å². The van der Waals surface area contributed by atoms with E-state index in [-0.39, 0.29) is 5.82 Å². The summed E-state index contributed by atoms with van der Waals surface area (Å²) in [6, 6.07) is 6.14. The minimum absolute atomic E-state index is 0.270. The first kappa shape index (κ1) is 10.9. The molecule has 0 atom stereocenters. The number of aromatic amines is 1. The van der Waals surface area contributed by atoms with Crippen molar-refractivity contribution in [2.45, 2.75) is 13.5 Å². The molecule has 5 nitrogen and oxygen atoms in total. The normalized spacial score (nSPS) is 11.3. The molecule has 3 rings (SSSR count). The third kappa shape index (κ3) is 1.58. The van der Waals surface area contributed by atoms with Crippen molar-refractivity contribution in [2.24, 2.45) is 5.73 Å². The molecule has 0 unspecified atom stereocenters. The Bertz CT molecular complexity index is 695. The number of aromatic nitrogens is 4. The summed E-state index contributed by atoms with van der Waals surface area (Å²) in [7, 11) is 0. The molecule has 0 saturated carbocycles. The van der Waals surface area contributed by atoms with Crippen LogP contribution in [0.4, 0.5) is 4.39 Å². The van der Waals surface area contributed by atoms with E-state index in [4.69, 9.17) is 5.73 Å². The van der Waals surface area contributed by atoms with E-state index in [1.165, 1.54) is 12.1 Å². The molecule has 0 aliphatic carbocycles. The Balaban J connectivity index is 2.14. The molecule has 0 spiro atoms. The van der Waals surface area contributed by atoms with Crippen molar-refractivity contribution >= 4 is 5.78 Å². The first-order valence-electron chi connectivity index (χ1n) is 5.59. The molecule has 2 heterocycles. The number of H-pyrrole nitrogens is 1. The Labute approximate surface area is 102 Å². The average molecular weight is 245 g/mol. The smallest absolute Gasteiger partial charge is 0.251 e. The van der Waals surface area contributed by atoms with Crippen LogP contribution in [-0.2, 0) is 6.54 Å². The van der Waals surface area contributed by atoms with E-state index < -0.39 is 0 Å². The number of fused-ring (bicyclic) bond motifs is 1. The second kappa shape index (κ2) is 3.92. The largest absolute Gasteiger partial charge is 0.325 e. The maximum atomic E-state index is 12.9. The Morgan fingerprint density at radius 1 is 1.28 bits per heavy atom.